The molecule has 0 unspecified atom stereocenters. The quantitative estimate of drug-likeness (QED) is 0.909. The topological polar surface area (TPSA) is 49.3 Å². The third-order valence-corrected chi connectivity index (χ3v) is 3.43. The van der Waals surface area contributed by atoms with Crippen LogP contribution in [0.5, 0.6) is 5.75 Å². The Morgan fingerprint density at radius 3 is 2.38 bits per heavy atom. The highest BCUT2D eigenvalue weighted by molar-refractivity contribution is 5.97. The van der Waals surface area contributed by atoms with E-state index >= 15 is 0 Å². The number of amides is 1. The molecule has 0 aliphatic carbocycles. The number of rotatable bonds is 3. The van der Waals surface area contributed by atoms with Gasteiger partial charge in [0, 0.05) is 6.54 Å². The molecule has 0 aliphatic rings. The summed E-state index contributed by atoms with van der Waals surface area (Å²) in [5.41, 5.74) is 2.82. The van der Waals surface area contributed by atoms with Gasteiger partial charge in [-0.2, -0.15) is 0 Å². The van der Waals surface area contributed by atoms with Crippen LogP contribution < -0.4 is 5.32 Å². The fourth-order valence-corrected chi connectivity index (χ4v) is 2.26. The van der Waals surface area contributed by atoms with Crippen molar-refractivity contribution in [2.24, 2.45) is 0 Å². The summed E-state index contributed by atoms with van der Waals surface area (Å²) >= 11 is 0. The molecule has 2 aromatic carbocycles. The predicted molar refractivity (Wildman–Crippen MR) is 79.9 cm³/mol. The molecule has 3 nitrogen and oxygen atoms in total. The Hall–Kier alpha value is -2.36. The van der Waals surface area contributed by atoms with Crippen molar-refractivity contribution in [1.29, 1.82) is 0 Å². The molecule has 0 radical (unpaired) electrons. The summed E-state index contributed by atoms with van der Waals surface area (Å²) in [6.07, 6.45) is 0. The Balaban J connectivity index is 2.13. The molecule has 0 aliphatic heterocycles. The molecule has 4 heteroatoms. The van der Waals surface area contributed by atoms with Gasteiger partial charge in [-0.1, -0.05) is 24.3 Å². The van der Waals surface area contributed by atoms with Crippen LogP contribution in [-0.2, 0) is 6.54 Å². The van der Waals surface area contributed by atoms with Crippen LogP contribution >= 0.6 is 0 Å². The van der Waals surface area contributed by atoms with Gasteiger partial charge in [-0.3, -0.25) is 4.79 Å². The van der Waals surface area contributed by atoms with Crippen LogP contribution in [-0.4, -0.2) is 11.0 Å². The van der Waals surface area contributed by atoms with Crippen LogP contribution in [0.2, 0.25) is 0 Å². The van der Waals surface area contributed by atoms with Gasteiger partial charge in [0.2, 0.25) is 0 Å². The number of hydrogen-bond donors (Lipinski definition) is 2. The molecule has 0 aromatic heterocycles. The van der Waals surface area contributed by atoms with Gasteiger partial charge in [0.15, 0.2) is 0 Å². The summed E-state index contributed by atoms with van der Waals surface area (Å²) in [6, 6.07) is 8.44. The van der Waals surface area contributed by atoms with Crippen molar-refractivity contribution in [3.63, 3.8) is 0 Å². The van der Waals surface area contributed by atoms with E-state index in [-0.39, 0.29) is 29.6 Å². The molecule has 1 amide bonds. The summed E-state index contributed by atoms with van der Waals surface area (Å²) in [4.78, 5) is 12.1. The highest BCUT2D eigenvalue weighted by Crippen LogP contribution is 2.21. The molecular formula is C17H18FNO2. The molecule has 0 saturated heterocycles. The van der Waals surface area contributed by atoms with Crippen LogP contribution in [0.1, 0.15) is 32.6 Å². The Labute approximate surface area is 123 Å². The van der Waals surface area contributed by atoms with Gasteiger partial charge in [-0.15, -0.1) is 0 Å². The lowest BCUT2D eigenvalue weighted by Crippen LogP contribution is -2.23. The molecule has 0 saturated carbocycles. The van der Waals surface area contributed by atoms with E-state index < -0.39 is 0 Å². The molecule has 0 spiro atoms. The standard InChI is InChI=1S/C17H18FNO2/c1-10-5-4-6-14(16(10)20)17(21)19-9-13-7-11(2)15(18)12(3)8-13/h4-8,20H,9H2,1-3H3,(H,19,21). The Kier molecular flexibility index (Phi) is 4.26. The number of nitrogens with one attached hydrogen (secondary N) is 1. The van der Waals surface area contributed by atoms with E-state index in [1.807, 2.05) is 0 Å². The lowest BCUT2D eigenvalue weighted by molar-refractivity contribution is 0.0948. The molecule has 0 atom stereocenters. The summed E-state index contributed by atoms with van der Waals surface area (Å²) in [6.45, 7) is 5.41. The van der Waals surface area contributed by atoms with Gasteiger partial charge in [-0.25, -0.2) is 4.39 Å². The summed E-state index contributed by atoms with van der Waals surface area (Å²) in [7, 11) is 0. The van der Waals surface area contributed by atoms with E-state index in [0.717, 1.165) is 5.56 Å². The van der Waals surface area contributed by atoms with E-state index in [0.29, 0.717) is 16.7 Å². The number of carbonyl (C=O) groups excluding carboxylic acids is 1. The van der Waals surface area contributed by atoms with Crippen molar-refractivity contribution in [3.8, 4) is 5.75 Å². The van der Waals surface area contributed by atoms with Crippen LogP contribution in [0.15, 0.2) is 30.3 Å². The van der Waals surface area contributed by atoms with Crippen LogP contribution in [0.25, 0.3) is 0 Å². The first-order chi connectivity index (χ1) is 9.90. The second kappa shape index (κ2) is 5.95. The number of para-hydroxylation sites is 1. The minimum absolute atomic E-state index is 0.0125. The van der Waals surface area contributed by atoms with Crippen molar-refractivity contribution in [2.45, 2.75) is 27.3 Å². The summed E-state index contributed by atoms with van der Waals surface area (Å²) in [5, 5.41) is 12.6. The predicted octanol–water partition coefficient (Wildman–Crippen LogP) is 3.39. The first-order valence-electron chi connectivity index (χ1n) is 6.72. The third-order valence-electron chi connectivity index (χ3n) is 3.43. The maximum atomic E-state index is 13.6. The van der Waals surface area contributed by atoms with Crippen molar-refractivity contribution in [3.05, 3.63) is 64.0 Å². The SMILES string of the molecule is Cc1cccc(C(=O)NCc2cc(C)c(F)c(C)c2)c1O. The number of halogens is 1. The first kappa shape index (κ1) is 15.0. The van der Waals surface area contributed by atoms with Crippen molar-refractivity contribution in [2.75, 3.05) is 0 Å². The highest BCUT2D eigenvalue weighted by Gasteiger charge is 2.12. The van der Waals surface area contributed by atoms with Crippen molar-refractivity contribution >= 4 is 5.91 Å². The van der Waals surface area contributed by atoms with Crippen molar-refractivity contribution in [1.82, 2.24) is 5.32 Å². The molecular weight excluding hydrogens is 269 g/mol. The van der Waals surface area contributed by atoms with E-state index in [2.05, 4.69) is 5.32 Å². The largest absolute Gasteiger partial charge is 0.507 e. The molecule has 21 heavy (non-hydrogen) atoms. The number of hydrogen-bond acceptors (Lipinski definition) is 2. The third kappa shape index (κ3) is 3.21. The van der Waals surface area contributed by atoms with E-state index in [9.17, 15) is 14.3 Å². The monoisotopic (exact) mass is 287 g/mol. The Morgan fingerprint density at radius 1 is 1.14 bits per heavy atom. The molecule has 2 rings (SSSR count). The molecule has 0 bridgehead atoms. The fraction of sp³-hybridized carbons (Fsp3) is 0.235. The average molecular weight is 287 g/mol. The maximum absolute atomic E-state index is 13.6. The van der Waals surface area contributed by atoms with E-state index in [4.69, 9.17) is 0 Å². The second-order valence-electron chi connectivity index (χ2n) is 5.20. The Bertz CT molecular complexity index is 672. The van der Waals surface area contributed by atoms with Gasteiger partial charge < -0.3 is 10.4 Å². The summed E-state index contributed by atoms with van der Waals surface area (Å²) in [5.74, 6) is -0.585. The lowest BCUT2D eigenvalue weighted by atomic mass is 10.1. The fourth-order valence-electron chi connectivity index (χ4n) is 2.26. The van der Waals surface area contributed by atoms with Crippen molar-refractivity contribution < 1.29 is 14.3 Å². The normalized spacial score (nSPS) is 10.5. The minimum Gasteiger partial charge on any atom is -0.507 e. The number of phenols is 1. The van der Waals surface area contributed by atoms with E-state index in [1.54, 1.807) is 51.1 Å². The van der Waals surface area contributed by atoms with Gasteiger partial charge in [0.25, 0.3) is 5.91 Å². The van der Waals surface area contributed by atoms with Gasteiger partial charge in [0.1, 0.15) is 11.6 Å². The molecule has 110 valence electrons. The first-order valence-corrected chi connectivity index (χ1v) is 6.72. The molecule has 2 aromatic rings. The maximum Gasteiger partial charge on any atom is 0.255 e. The molecule has 2 N–H and O–H groups in total. The highest BCUT2D eigenvalue weighted by atomic mass is 19.1. The van der Waals surface area contributed by atoms with E-state index in [1.165, 1.54) is 0 Å². The van der Waals surface area contributed by atoms with Crippen LogP contribution in [0.3, 0.4) is 0 Å². The smallest absolute Gasteiger partial charge is 0.255 e. The summed E-state index contributed by atoms with van der Waals surface area (Å²) < 4.78 is 13.6. The second-order valence-corrected chi connectivity index (χ2v) is 5.20. The van der Waals surface area contributed by atoms with Gasteiger partial charge in [-0.05, 0) is 49.1 Å². The zero-order chi connectivity index (χ0) is 15.6. The number of phenolic OH excluding ortho intramolecular Hbond substituents is 1. The molecule has 0 heterocycles. The number of carbonyl (C=O) groups is 1. The number of aromatic hydroxyl groups is 1. The van der Waals surface area contributed by atoms with Gasteiger partial charge >= 0.3 is 0 Å². The zero-order valence-corrected chi connectivity index (χ0v) is 12.3. The minimum atomic E-state index is -0.351. The van der Waals surface area contributed by atoms with Crippen LogP contribution in [0.4, 0.5) is 4.39 Å². The van der Waals surface area contributed by atoms with Gasteiger partial charge in [0.05, 0.1) is 5.56 Å². The Morgan fingerprint density at radius 2 is 1.76 bits per heavy atom. The number of aryl methyl sites for hydroxylation is 3. The number of benzene rings is 2. The zero-order valence-electron chi connectivity index (χ0n) is 12.3. The lowest BCUT2D eigenvalue weighted by Gasteiger charge is -2.10. The average Bonchev–Trinajstić information content (AvgIpc) is 2.45. The molecule has 0 fully saturated rings. The van der Waals surface area contributed by atoms with Crippen LogP contribution in [0, 0.1) is 26.6 Å².